The predicted molar refractivity (Wildman–Crippen MR) is 98.2 cm³/mol. The summed E-state index contributed by atoms with van der Waals surface area (Å²) in [6.07, 6.45) is 2.83. The molecule has 0 spiro atoms. The van der Waals surface area contributed by atoms with Gasteiger partial charge in [-0.2, -0.15) is 0 Å². The minimum Gasteiger partial charge on any atom is -0.444 e. The highest BCUT2D eigenvalue weighted by atomic mass is 32.2. The SMILES string of the molecule is CCNC(=NCc1nc(C)c(C)o1)NCCNS(=O)(=O)c1cccnc1. The summed E-state index contributed by atoms with van der Waals surface area (Å²) < 4.78 is 32.2. The van der Waals surface area contributed by atoms with E-state index in [0.717, 1.165) is 11.5 Å². The minimum absolute atomic E-state index is 0.134. The lowest BCUT2D eigenvalue weighted by atomic mass is 10.4. The van der Waals surface area contributed by atoms with Crippen LogP contribution in [0.25, 0.3) is 0 Å². The maximum atomic E-state index is 12.1. The minimum atomic E-state index is -3.57. The average molecular weight is 380 g/mol. The van der Waals surface area contributed by atoms with Gasteiger partial charge in [0.1, 0.15) is 17.2 Å². The van der Waals surface area contributed by atoms with Crippen molar-refractivity contribution in [2.75, 3.05) is 19.6 Å². The van der Waals surface area contributed by atoms with Crippen LogP contribution in [0.15, 0.2) is 38.8 Å². The molecule has 0 aliphatic heterocycles. The largest absolute Gasteiger partial charge is 0.444 e. The van der Waals surface area contributed by atoms with E-state index >= 15 is 0 Å². The number of rotatable bonds is 8. The molecule has 0 fully saturated rings. The predicted octanol–water partition coefficient (Wildman–Crippen LogP) is 0.720. The fraction of sp³-hybridized carbons (Fsp3) is 0.438. The molecule has 0 saturated heterocycles. The van der Waals surface area contributed by atoms with E-state index in [9.17, 15) is 8.42 Å². The summed E-state index contributed by atoms with van der Waals surface area (Å²) in [7, 11) is -3.57. The summed E-state index contributed by atoms with van der Waals surface area (Å²) in [5.74, 6) is 1.87. The van der Waals surface area contributed by atoms with Crippen molar-refractivity contribution < 1.29 is 12.8 Å². The molecule has 2 rings (SSSR count). The molecule has 26 heavy (non-hydrogen) atoms. The third kappa shape index (κ3) is 5.81. The summed E-state index contributed by atoms with van der Waals surface area (Å²) in [6.45, 7) is 7.23. The molecule has 0 aromatic carbocycles. The van der Waals surface area contributed by atoms with E-state index in [1.807, 2.05) is 20.8 Å². The zero-order valence-electron chi connectivity index (χ0n) is 15.1. The number of guanidine groups is 1. The van der Waals surface area contributed by atoms with Gasteiger partial charge in [0.25, 0.3) is 0 Å². The van der Waals surface area contributed by atoms with E-state index in [1.54, 1.807) is 6.07 Å². The van der Waals surface area contributed by atoms with Crippen LogP contribution in [-0.2, 0) is 16.6 Å². The molecule has 2 heterocycles. The van der Waals surface area contributed by atoms with Crippen molar-refractivity contribution in [1.82, 2.24) is 25.3 Å². The van der Waals surface area contributed by atoms with E-state index in [2.05, 4.69) is 30.3 Å². The number of hydrogen-bond donors (Lipinski definition) is 3. The first-order valence-electron chi connectivity index (χ1n) is 8.27. The maximum Gasteiger partial charge on any atom is 0.242 e. The monoisotopic (exact) mass is 380 g/mol. The quantitative estimate of drug-likeness (QED) is 0.350. The van der Waals surface area contributed by atoms with Gasteiger partial charge < -0.3 is 15.1 Å². The van der Waals surface area contributed by atoms with Crippen molar-refractivity contribution in [1.29, 1.82) is 0 Å². The van der Waals surface area contributed by atoms with Gasteiger partial charge in [-0.05, 0) is 32.9 Å². The van der Waals surface area contributed by atoms with Gasteiger partial charge in [0.15, 0.2) is 5.96 Å². The van der Waals surface area contributed by atoms with Crippen molar-refractivity contribution in [2.24, 2.45) is 4.99 Å². The van der Waals surface area contributed by atoms with Crippen LogP contribution in [0.1, 0.15) is 24.3 Å². The first-order chi connectivity index (χ1) is 12.4. The van der Waals surface area contributed by atoms with Crippen molar-refractivity contribution in [3.63, 3.8) is 0 Å². The first-order valence-corrected chi connectivity index (χ1v) is 9.75. The number of oxazole rings is 1. The Morgan fingerprint density at radius 2 is 2.08 bits per heavy atom. The van der Waals surface area contributed by atoms with E-state index in [-0.39, 0.29) is 11.4 Å². The van der Waals surface area contributed by atoms with Gasteiger partial charge in [0.05, 0.1) is 5.69 Å². The lowest BCUT2D eigenvalue weighted by molar-refractivity contribution is 0.473. The van der Waals surface area contributed by atoms with Gasteiger partial charge in [-0.15, -0.1) is 0 Å². The third-order valence-corrected chi connectivity index (χ3v) is 4.89. The number of sulfonamides is 1. The summed E-state index contributed by atoms with van der Waals surface area (Å²) in [6, 6.07) is 3.07. The van der Waals surface area contributed by atoms with Crippen molar-refractivity contribution in [2.45, 2.75) is 32.2 Å². The Labute approximate surface area is 153 Å². The van der Waals surface area contributed by atoms with Crippen molar-refractivity contribution in [3.8, 4) is 0 Å². The molecule has 0 saturated carbocycles. The first kappa shape index (κ1) is 19.9. The molecule has 2 aromatic heterocycles. The second-order valence-electron chi connectivity index (χ2n) is 5.46. The molecule has 0 amide bonds. The number of aryl methyl sites for hydroxylation is 2. The fourth-order valence-electron chi connectivity index (χ4n) is 2.05. The normalized spacial score (nSPS) is 12.2. The third-order valence-electron chi connectivity index (χ3n) is 3.44. The molecule has 0 bridgehead atoms. The lowest BCUT2D eigenvalue weighted by Crippen LogP contribution is -2.41. The molecule has 3 N–H and O–H groups in total. The summed E-state index contributed by atoms with van der Waals surface area (Å²) >= 11 is 0. The van der Waals surface area contributed by atoms with E-state index in [4.69, 9.17) is 4.42 Å². The topological polar surface area (TPSA) is 122 Å². The van der Waals surface area contributed by atoms with Gasteiger partial charge in [-0.3, -0.25) is 4.98 Å². The van der Waals surface area contributed by atoms with Crippen molar-refractivity contribution in [3.05, 3.63) is 41.9 Å². The Bertz CT molecular complexity index is 813. The van der Waals surface area contributed by atoms with Crippen LogP contribution >= 0.6 is 0 Å². The van der Waals surface area contributed by atoms with Crippen LogP contribution in [0.5, 0.6) is 0 Å². The Morgan fingerprint density at radius 1 is 1.27 bits per heavy atom. The summed E-state index contributed by atoms with van der Waals surface area (Å²) in [4.78, 5) is 12.6. The molecule has 0 aliphatic carbocycles. The lowest BCUT2D eigenvalue weighted by Gasteiger charge is -2.11. The summed E-state index contributed by atoms with van der Waals surface area (Å²) in [5, 5.41) is 6.15. The Morgan fingerprint density at radius 3 is 2.69 bits per heavy atom. The molecule has 0 radical (unpaired) electrons. The van der Waals surface area contributed by atoms with Crippen LogP contribution in [-0.4, -0.2) is 44.0 Å². The molecule has 10 heteroatoms. The van der Waals surface area contributed by atoms with E-state index in [0.29, 0.717) is 31.5 Å². The second kappa shape index (κ2) is 9.30. The number of pyridine rings is 1. The fourth-order valence-corrected chi connectivity index (χ4v) is 3.05. The smallest absolute Gasteiger partial charge is 0.242 e. The van der Waals surface area contributed by atoms with Crippen molar-refractivity contribution >= 4 is 16.0 Å². The van der Waals surface area contributed by atoms with Gasteiger partial charge in [-0.1, -0.05) is 0 Å². The van der Waals surface area contributed by atoms with Crippen LogP contribution in [0.2, 0.25) is 0 Å². The number of hydrogen-bond acceptors (Lipinski definition) is 6. The zero-order valence-corrected chi connectivity index (χ0v) is 15.9. The van der Waals surface area contributed by atoms with Crippen LogP contribution in [0, 0.1) is 13.8 Å². The van der Waals surface area contributed by atoms with E-state index in [1.165, 1.54) is 18.5 Å². The highest BCUT2D eigenvalue weighted by molar-refractivity contribution is 7.89. The van der Waals surface area contributed by atoms with Gasteiger partial charge >= 0.3 is 0 Å². The van der Waals surface area contributed by atoms with E-state index < -0.39 is 10.0 Å². The molecule has 2 aromatic rings. The average Bonchev–Trinajstić information content (AvgIpc) is 2.95. The Hall–Kier alpha value is -2.46. The number of nitrogens with one attached hydrogen (secondary N) is 3. The van der Waals surface area contributed by atoms with Gasteiger partial charge in [-0.25, -0.2) is 23.1 Å². The maximum absolute atomic E-state index is 12.1. The molecule has 0 atom stereocenters. The molecule has 0 unspecified atom stereocenters. The number of nitrogens with zero attached hydrogens (tertiary/aromatic N) is 3. The zero-order chi connectivity index (χ0) is 19.0. The molecular formula is C16H24N6O3S. The molecule has 9 nitrogen and oxygen atoms in total. The number of aliphatic imine (C=N–C) groups is 1. The van der Waals surface area contributed by atoms with Gasteiger partial charge in [0, 0.05) is 32.0 Å². The molecular weight excluding hydrogens is 356 g/mol. The van der Waals surface area contributed by atoms with Crippen LogP contribution < -0.4 is 15.4 Å². The van der Waals surface area contributed by atoms with Crippen LogP contribution in [0.4, 0.5) is 0 Å². The Balaban J connectivity index is 1.85. The highest BCUT2D eigenvalue weighted by Gasteiger charge is 2.12. The highest BCUT2D eigenvalue weighted by Crippen LogP contribution is 2.08. The number of aromatic nitrogens is 2. The Kier molecular flexibility index (Phi) is 7.10. The second-order valence-corrected chi connectivity index (χ2v) is 7.22. The standard InChI is InChI=1S/C16H24N6O3S/c1-4-18-16(20-11-15-22-12(2)13(3)25-15)19-8-9-21-26(23,24)14-6-5-7-17-10-14/h5-7,10,21H,4,8-9,11H2,1-3H3,(H2,18,19,20). The van der Waals surface area contributed by atoms with Crippen LogP contribution in [0.3, 0.4) is 0 Å². The summed E-state index contributed by atoms with van der Waals surface area (Å²) in [5.41, 5.74) is 0.845. The molecule has 142 valence electrons. The molecule has 0 aliphatic rings. The van der Waals surface area contributed by atoms with Gasteiger partial charge in [0.2, 0.25) is 15.9 Å².